The van der Waals surface area contributed by atoms with E-state index < -0.39 is 0 Å². The second-order valence-corrected chi connectivity index (χ2v) is 8.24. The summed E-state index contributed by atoms with van der Waals surface area (Å²) in [5, 5.41) is 15.2. The first-order valence-corrected chi connectivity index (χ1v) is 11.4. The van der Waals surface area contributed by atoms with Gasteiger partial charge in [0.25, 0.3) is 0 Å². The predicted molar refractivity (Wildman–Crippen MR) is 133 cm³/mol. The second-order valence-electron chi connectivity index (χ2n) is 7.08. The van der Waals surface area contributed by atoms with E-state index in [0.29, 0.717) is 17.3 Å². The van der Waals surface area contributed by atoms with Crippen LogP contribution in [-0.2, 0) is 6.54 Å². The third-order valence-electron chi connectivity index (χ3n) is 4.71. The van der Waals surface area contributed by atoms with Crippen molar-refractivity contribution in [2.75, 3.05) is 11.9 Å². The number of nitrogens with one attached hydrogen (secondary N) is 1. The fourth-order valence-electron chi connectivity index (χ4n) is 3.02. The van der Waals surface area contributed by atoms with Crippen LogP contribution in [0.25, 0.3) is 5.70 Å². The molecule has 0 unspecified atom stereocenters. The SMILES string of the molecule is C=C(N=C(C(C)=CCCCO)c1ccc(NCc2cscn2)cc1)c1cccc(Cl)c1. The van der Waals surface area contributed by atoms with E-state index in [-0.39, 0.29) is 6.61 Å². The zero-order valence-electron chi connectivity index (χ0n) is 17.5. The normalized spacial score (nSPS) is 12.1. The van der Waals surface area contributed by atoms with Gasteiger partial charge in [-0.3, -0.25) is 0 Å². The third kappa shape index (κ3) is 6.89. The molecule has 0 aliphatic carbocycles. The molecule has 3 aromatic rings. The van der Waals surface area contributed by atoms with Gasteiger partial charge in [0, 0.05) is 33.8 Å². The van der Waals surface area contributed by atoms with Gasteiger partial charge in [-0.15, -0.1) is 11.3 Å². The minimum absolute atomic E-state index is 0.171. The van der Waals surface area contributed by atoms with E-state index in [9.17, 15) is 0 Å². The Morgan fingerprint density at radius 2 is 2.03 bits per heavy atom. The number of benzene rings is 2. The van der Waals surface area contributed by atoms with Gasteiger partial charge in [0.2, 0.25) is 0 Å². The van der Waals surface area contributed by atoms with Gasteiger partial charge in [-0.05, 0) is 49.6 Å². The van der Waals surface area contributed by atoms with Crippen LogP contribution in [0.15, 0.2) is 82.6 Å². The van der Waals surface area contributed by atoms with Crippen molar-refractivity contribution in [2.45, 2.75) is 26.3 Å². The first-order chi connectivity index (χ1) is 15.1. The second kappa shape index (κ2) is 11.6. The number of rotatable bonds is 10. The number of aliphatic hydroxyl groups is 1. The Hall–Kier alpha value is -2.73. The van der Waals surface area contributed by atoms with E-state index >= 15 is 0 Å². The van der Waals surface area contributed by atoms with Crippen LogP contribution in [0.3, 0.4) is 0 Å². The van der Waals surface area contributed by atoms with Gasteiger partial charge in [-0.2, -0.15) is 0 Å². The number of hydrogen-bond acceptors (Lipinski definition) is 5. The zero-order valence-corrected chi connectivity index (χ0v) is 19.1. The average molecular weight is 452 g/mol. The molecular formula is C25H26ClN3OS. The molecule has 0 radical (unpaired) electrons. The third-order valence-corrected chi connectivity index (χ3v) is 5.58. The van der Waals surface area contributed by atoms with Gasteiger partial charge in [0.1, 0.15) is 0 Å². The molecule has 31 heavy (non-hydrogen) atoms. The van der Waals surface area contributed by atoms with Gasteiger partial charge in [0.05, 0.1) is 29.2 Å². The summed E-state index contributed by atoms with van der Waals surface area (Å²) in [7, 11) is 0. The maximum atomic E-state index is 9.11. The molecular weight excluding hydrogens is 426 g/mol. The Kier molecular flexibility index (Phi) is 8.59. The Morgan fingerprint density at radius 1 is 1.23 bits per heavy atom. The number of aromatic nitrogens is 1. The molecule has 0 fully saturated rings. The fraction of sp³-hybridized carbons (Fsp3) is 0.200. The summed E-state index contributed by atoms with van der Waals surface area (Å²) in [6.45, 7) is 7.05. The van der Waals surface area contributed by atoms with Crippen LogP contribution in [0.1, 0.15) is 36.6 Å². The number of hydrogen-bond donors (Lipinski definition) is 2. The van der Waals surface area contributed by atoms with Crippen molar-refractivity contribution < 1.29 is 5.11 Å². The van der Waals surface area contributed by atoms with Crippen LogP contribution in [0, 0.1) is 0 Å². The summed E-state index contributed by atoms with van der Waals surface area (Å²) in [4.78, 5) is 9.15. The van der Waals surface area contributed by atoms with E-state index in [1.807, 2.05) is 54.2 Å². The van der Waals surface area contributed by atoms with Crippen LogP contribution in [0.5, 0.6) is 0 Å². The average Bonchev–Trinajstić information content (AvgIpc) is 3.30. The highest BCUT2D eigenvalue weighted by molar-refractivity contribution is 7.07. The molecule has 0 atom stereocenters. The molecule has 2 N–H and O–H groups in total. The largest absolute Gasteiger partial charge is 0.396 e. The molecule has 2 aromatic carbocycles. The number of anilines is 1. The number of halogens is 1. The number of aliphatic hydroxyl groups excluding tert-OH is 1. The van der Waals surface area contributed by atoms with Crippen LogP contribution in [0.4, 0.5) is 5.69 Å². The molecule has 4 nitrogen and oxygen atoms in total. The molecule has 0 spiro atoms. The molecule has 0 aliphatic heterocycles. The van der Waals surface area contributed by atoms with E-state index in [1.54, 1.807) is 11.3 Å². The van der Waals surface area contributed by atoms with E-state index in [4.69, 9.17) is 21.7 Å². The maximum absolute atomic E-state index is 9.11. The lowest BCUT2D eigenvalue weighted by atomic mass is 10.0. The standard InChI is InChI=1S/C25H26ClN3OS/c1-18(6-3-4-13-30)25(29-19(2)21-7-5-8-22(26)14-21)20-9-11-23(12-10-20)27-15-24-16-31-17-28-24/h5-12,14,16-17,27,30H,2-4,13,15H2,1H3. The van der Waals surface area contributed by atoms with Crippen LogP contribution in [-0.4, -0.2) is 22.4 Å². The summed E-state index contributed by atoms with van der Waals surface area (Å²) in [6.07, 6.45) is 3.62. The Morgan fingerprint density at radius 3 is 2.71 bits per heavy atom. The molecule has 0 saturated heterocycles. The number of aliphatic imine (C=N–C) groups is 1. The monoisotopic (exact) mass is 451 g/mol. The lowest BCUT2D eigenvalue weighted by Crippen LogP contribution is -2.05. The van der Waals surface area contributed by atoms with Crippen LogP contribution >= 0.6 is 22.9 Å². The Labute approximate surface area is 192 Å². The number of allylic oxidation sites excluding steroid dienone is 2. The quantitative estimate of drug-likeness (QED) is 0.270. The molecule has 3 rings (SSSR count). The molecule has 0 saturated carbocycles. The van der Waals surface area contributed by atoms with Crippen molar-refractivity contribution in [3.63, 3.8) is 0 Å². The van der Waals surface area contributed by atoms with Gasteiger partial charge in [-0.1, -0.05) is 48.5 Å². The molecule has 0 bridgehead atoms. The van der Waals surface area contributed by atoms with E-state index in [2.05, 4.69) is 35.1 Å². The highest BCUT2D eigenvalue weighted by Gasteiger charge is 2.09. The van der Waals surface area contributed by atoms with Gasteiger partial charge in [0.15, 0.2) is 0 Å². The van der Waals surface area contributed by atoms with Crippen molar-refractivity contribution in [3.05, 3.63) is 99.5 Å². The smallest absolute Gasteiger partial charge is 0.0795 e. The van der Waals surface area contributed by atoms with Crippen molar-refractivity contribution in [1.82, 2.24) is 4.98 Å². The van der Waals surface area contributed by atoms with E-state index in [1.165, 1.54) is 0 Å². The lowest BCUT2D eigenvalue weighted by Gasteiger charge is -2.12. The molecule has 0 aliphatic rings. The zero-order chi connectivity index (χ0) is 22.1. The highest BCUT2D eigenvalue weighted by atomic mass is 35.5. The number of nitrogens with zero attached hydrogens (tertiary/aromatic N) is 2. The van der Waals surface area contributed by atoms with Crippen LogP contribution < -0.4 is 5.32 Å². The van der Waals surface area contributed by atoms with Gasteiger partial charge in [-0.25, -0.2) is 9.98 Å². The summed E-state index contributed by atoms with van der Waals surface area (Å²) < 4.78 is 0. The predicted octanol–water partition coefficient (Wildman–Crippen LogP) is 6.59. The van der Waals surface area contributed by atoms with Gasteiger partial charge < -0.3 is 10.4 Å². The summed E-state index contributed by atoms with van der Waals surface area (Å²) >= 11 is 7.73. The van der Waals surface area contributed by atoms with Crippen molar-refractivity contribution in [1.29, 1.82) is 0 Å². The van der Waals surface area contributed by atoms with E-state index in [0.717, 1.165) is 46.6 Å². The van der Waals surface area contributed by atoms with Crippen molar-refractivity contribution in [2.24, 2.45) is 4.99 Å². The molecule has 0 amide bonds. The molecule has 1 aromatic heterocycles. The van der Waals surface area contributed by atoms with Gasteiger partial charge >= 0.3 is 0 Å². The molecule has 160 valence electrons. The molecule has 1 heterocycles. The number of thiazole rings is 1. The minimum Gasteiger partial charge on any atom is -0.396 e. The first kappa shape index (κ1) is 22.9. The molecule has 6 heteroatoms. The fourth-order valence-corrected chi connectivity index (χ4v) is 3.77. The summed E-state index contributed by atoms with van der Waals surface area (Å²) in [6, 6.07) is 15.7. The topological polar surface area (TPSA) is 57.5 Å². The highest BCUT2D eigenvalue weighted by Crippen LogP contribution is 2.22. The van der Waals surface area contributed by atoms with Crippen LogP contribution in [0.2, 0.25) is 5.02 Å². The lowest BCUT2D eigenvalue weighted by molar-refractivity contribution is 0.289. The summed E-state index contributed by atoms with van der Waals surface area (Å²) in [5.41, 5.74) is 8.31. The Bertz CT molecular complexity index is 1060. The minimum atomic E-state index is 0.171. The Balaban J connectivity index is 1.84. The summed E-state index contributed by atoms with van der Waals surface area (Å²) in [5.74, 6) is 0. The van der Waals surface area contributed by atoms with Crippen molar-refractivity contribution in [3.8, 4) is 0 Å². The first-order valence-electron chi connectivity index (χ1n) is 10.1. The maximum Gasteiger partial charge on any atom is 0.0795 e. The number of unbranched alkanes of at least 4 members (excludes halogenated alkanes) is 1. The van der Waals surface area contributed by atoms with Crippen molar-refractivity contribution >= 4 is 40.0 Å².